The smallest absolute Gasteiger partial charge is 0.408 e. The third kappa shape index (κ3) is 18.3. The van der Waals surface area contributed by atoms with Crippen molar-refractivity contribution in [2.75, 3.05) is 13.6 Å². The van der Waals surface area contributed by atoms with Gasteiger partial charge in [-0.05, 0) is 98.8 Å². The molecule has 21 heteroatoms. The number of likely N-dealkylation sites (N-methyl/N-ethyl adjacent to an activating group) is 1. The van der Waals surface area contributed by atoms with Crippen LogP contribution in [-0.4, -0.2) is 136 Å². The molecule has 1 rings (SSSR count). The van der Waals surface area contributed by atoms with Crippen molar-refractivity contribution in [3.05, 3.63) is 0 Å². The van der Waals surface area contributed by atoms with Gasteiger partial charge in [-0.2, -0.15) is 0 Å². The fraction of sp³-hybridized carbons (Fsp3) is 0.767. The molecule has 0 radical (unpaired) electrons. The first kappa shape index (κ1) is 56.5. The van der Waals surface area contributed by atoms with Crippen molar-refractivity contribution in [3.63, 3.8) is 0 Å². The Morgan fingerprint density at radius 3 is 1.53 bits per heavy atom. The second kappa shape index (κ2) is 24.0. The van der Waals surface area contributed by atoms with Gasteiger partial charge in [-0.1, -0.05) is 41.5 Å². The van der Waals surface area contributed by atoms with Crippen molar-refractivity contribution in [2.24, 2.45) is 17.8 Å². The lowest BCUT2D eigenvalue weighted by Crippen LogP contribution is -2.65. The number of ether oxygens (including phenoxy) is 1. The standard InChI is InChI=1S/C43H75N9O12/c1-22(2)19-26(33(56)45-25(7)32(55)44-15)47-38(61)42(11,12)50-34(57)27(20-23(3)4)48-39(62)43(13,14)51-35(58)28(21-30(53)54)46-36(59)29-17-16-18-52(29)37(60)31(24(5)6)49-40(63)64-41(8,9)10/h22-29,31H,16-21H2,1-15H3,(H,44,55)(H,45,56)(H,46,59)(H,47,61)(H,48,62)(H,49,63)(H,50,57)(H,51,58)(H,53,54)/t25-,26-,27-,28+,29-,31-/m0/s1. The van der Waals surface area contributed by atoms with Crippen LogP contribution in [0.2, 0.25) is 0 Å². The van der Waals surface area contributed by atoms with Crippen LogP contribution in [0.15, 0.2) is 0 Å². The molecule has 9 N–H and O–H groups in total. The molecule has 1 aliphatic heterocycles. The van der Waals surface area contributed by atoms with E-state index in [0.717, 1.165) is 0 Å². The van der Waals surface area contributed by atoms with Crippen LogP contribution in [0, 0.1) is 17.8 Å². The van der Waals surface area contributed by atoms with Crippen LogP contribution in [0.1, 0.15) is 129 Å². The van der Waals surface area contributed by atoms with Crippen LogP contribution in [0.25, 0.3) is 0 Å². The first-order valence-corrected chi connectivity index (χ1v) is 21.8. The number of aliphatic carboxylic acids is 1. The zero-order chi connectivity index (χ0) is 49.7. The van der Waals surface area contributed by atoms with E-state index in [1.54, 1.807) is 48.5 Å². The number of nitrogens with one attached hydrogen (secondary N) is 8. The molecule has 1 aliphatic rings. The number of amides is 9. The van der Waals surface area contributed by atoms with Gasteiger partial charge in [-0.15, -0.1) is 0 Å². The lowest BCUT2D eigenvalue weighted by atomic mass is 9.96. The number of hydrogen-bond acceptors (Lipinski definition) is 11. The van der Waals surface area contributed by atoms with Gasteiger partial charge >= 0.3 is 12.1 Å². The molecule has 0 aliphatic carbocycles. The zero-order valence-corrected chi connectivity index (χ0v) is 40.3. The van der Waals surface area contributed by atoms with Crippen LogP contribution >= 0.6 is 0 Å². The van der Waals surface area contributed by atoms with E-state index in [-0.39, 0.29) is 37.6 Å². The largest absolute Gasteiger partial charge is 0.481 e. The van der Waals surface area contributed by atoms with E-state index in [0.29, 0.717) is 6.42 Å². The maximum atomic E-state index is 13.8. The lowest BCUT2D eigenvalue weighted by molar-refractivity contribution is -0.144. The highest BCUT2D eigenvalue weighted by molar-refractivity contribution is 6.00. The van der Waals surface area contributed by atoms with E-state index >= 15 is 0 Å². The van der Waals surface area contributed by atoms with E-state index in [4.69, 9.17) is 4.74 Å². The molecule has 364 valence electrons. The normalized spacial score (nSPS) is 16.7. The molecule has 0 aromatic carbocycles. The highest BCUT2D eigenvalue weighted by atomic mass is 16.6. The molecule has 0 unspecified atom stereocenters. The van der Waals surface area contributed by atoms with Gasteiger partial charge in [0.25, 0.3) is 0 Å². The Morgan fingerprint density at radius 1 is 0.641 bits per heavy atom. The minimum atomic E-state index is -1.79. The van der Waals surface area contributed by atoms with Gasteiger partial charge in [-0.3, -0.25) is 43.2 Å². The third-order valence-corrected chi connectivity index (χ3v) is 10.1. The van der Waals surface area contributed by atoms with Crippen LogP contribution in [-0.2, 0) is 47.9 Å². The molecular formula is C43H75N9O12. The molecule has 0 bridgehead atoms. The third-order valence-electron chi connectivity index (χ3n) is 10.1. The second-order valence-electron chi connectivity index (χ2n) is 19.6. The van der Waals surface area contributed by atoms with E-state index in [1.165, 1.54) is 46.6 Å². The van der Waals surface area contributed by atoms with Gasteiger partial charge in [0.1, 0.15) is 52.9 Å². The predicted molar refractivity (Wildman–Crippen MR) is 236 cm³/mol. The highest BCUT2D eigenvalue weighted by Crippen LogP contribution is 2.22. The first-order chi connectivity index (χ1) is 29.2. The minimum Gasteiger partial charge on any atom is -0.481 e. The summed E-state index contributed by atoms with van der Waals surface area (Å²) in [6, 6.07) is -7.03. The molecule has 1 saturated heterocycles. The van der Waals surface area contributed by atoms with Crippen LogP contribution in [0.5, 0.6) is 0 Å². The van der Waals surface area contributed by atoms with Gasteiger partial charge in [0.05, 0.1) is 6.42 Å². The highest BCUT2D eigenvalue weighted by Gasteiger charge is 2.42. The van der Waals surface area contributed by atoms with Crippen LogP contribution in [0.3, 0.4) is 0 Å². The summed E-state index contributed by atoms with van der Waals surface area (Å²) in [6.07, 6.45) is -0.794. The fourth-order valence-electron chi connectivity index (χ4n) is 6.66. The molecule has 6 atom stereocenters. The molecule has 1 heterocycles. The first-order valence-electron chi connectivity index (χ1n) is 21.8. The average Bonchev–Trinajstić information content (AvgIpc) is 3.64. The van der Waals surface area contributed by atoms with E-state index in [2.05, 4.69) is 42.5 Å². The van der Waals surface area contributed by atoms with Crippen LogP contribution in [0.4, 0.5) is 4.79 Å². The van der Waals surface area contributed by atoms with Gasteiger partial charge in [0.2, 0.25) is 47.3 Å². The topological polar surface area (TPSA) is 300 Å². The summed E-state index contributed by atoms with van der Waals surface area (Å²) in [5.41, 5.74) is -4.25. The van der Waals surface area contributed by atoms with Gasteiger partial charge < -0.3 is 57.3 Å². The zero-order valence-electron chi connectivity index (χ0n) is 40.3. The molecule has 64 heavy (non-hydrogen) atoms. The van der Waals surface area contributed by atoms with E-state index in [9.17, 15) is 53.1 Å². The summed E-state index contributed by atoms with van der Waals surface area (Å²) in [4.78, 5) is 133. The molecule has 1 fully saturated rings. The second-order valence-corrected chi connectivity index (χ2v) is 19.6. The Bertz CT molecular complexity index is 1720. The summed E-state index contributed by atoms with van der Waals surface area (Å²) in [6.45, 7) is 22.8. The molecule has 0 aromatic rings. The number of alkyl carbamates (subject to hydrolysis) is 1. The summed E-state index contributed by atoms with van der Waals surface area (Å²) in [5, 5.41) is 30.1. The van der Waals surface area contributed by atoms with E-state index in [1.807, 2.05) is 13.8 Å². The number of carboxylic acid groups (broad SMARTS) is 1. The van der Waals surface area contributed by atoms with Gasteiger partial charge in [0.15, 0.2) is 0 Å². The van der Waals surface area contributed by atoms with Crippen molar-refractivity contribution in [1.29, 1.82) is 0 Å². The molecule has 0 saturated carbocycles. The van der Waals surface area contributed by atoms with Crippen LogP contribution < -0.4 is 42.5 Å². The number of rotatable bonds is 22. The van der Waals surface area contributed by atoms with Crippen molar-refractivity contribution in [1.82, 2.24) is 47.4 Å². The Hall–Kier alpha value is -5.50. The SMILES string of the molecule is CNC(=O)[C@H](C)NC(=O)[C@H](CC(C)C)NC(=O)C(C)(C)NC(=O)[C@H](CC(C)C)NC(=O)C(C)(C)NC(=O)[C@@H](CC(=O)O)NC(=O)[C@@H]1CCCN1C(=O)[C@@H](NC(=O)OC(C)(C)C)C(C)C. The molecule has 21 nitrogen and oxygen atoms in total. The minimum absolute atomic E-state index is 0.0403. The maximum absolute atomic E-state index is 13.8. The van der Waals surface area contributed by atoms with Crippen molar-refractivity contribution in [3.8, 4) is 0 Å². The monoisotopic (exact) mass is 910 g/mol. The fourth-order valence-corrected chi connectivity index (χ4v) is 6.66. The quantitative estimate of drug-likeness (QED) is 0.0722. The Kier molecular flexibility index (Phi) is 21.2. The van der Waals surface area contributed by atoms with Crippen molar-refractivity contribution in [2.45, 2.75) is 182 Å². The molecule has 0 spiro atoms. The van der Waals surface area contributed by atoms with E-state index < -0.39 is 125 Å². The summed E-state index contributed by atoms with van der Waals surface area (Å²) in [5.74, 6) is -7.82. The number of hydrogen-bond donors (Lipinski definition) is 9. The molecular weight excluding hydrogens is 835 g/mol. The number of likely N-dealkylation sites (tertiary alicyclic amines) is 1. The summed E-state index contributed by atoms with van der Waals surface area (Å²) in [7, 11) is 1.42. The van der Waals surface area contributed by atoms with Crippen molar-refractivity contribution < 1.29 is 57.8 Å². The Labute approximate surface area is 377 Å². The van der Waals surface area contributed by atoms with Gasteiger partial charge in [0, 0.05) is 13.6 Å². The Balaban J connectivity index is 3.21. The number of nitrogens with zero attached hydrogens (tertiary/aromatic N) is 1. The predicted octanol–water partition coefficient (Wildman–Crippen LogP) is 0.588. The Morgan fingerprint density at radius 2 is 1.11 bits per heavy atom. The van der Waals surface area contributed by atoms with Gasteiger partial charge in [-0.25, -0.2) is 4.79 Å². The number of carboxylic acids is 1. The average molecular weight is 910 g/mol. The summed E-state index contributed by atoms with van der Waals surface area (Å²) < 4.78 is 5.32. The molecule has 0 aromatic heterocycles. The summed E-state index contributed by atoms with van der Waals surface area (Å²) >= 11 is 0. The maximum Gasteiger partial charge on any atom is 0.408 e. The molecule has 9 amide bonds. The number of carbonyl (C=O) groups excluding carboxylic acids is 9. The van der Waals surface area contributed by atoms with Crippen molar-refractivity contribution >= 4 is 59.3 Å². The lowest BCUT2D eigenvalue weighted by Gasteiger charge is -2.33. The number of carbonyl (C=O) groups is 10.